The lowest BCUT2D eigenvalue weighted by Crippen LogP contribution is -2.34. The molecule has 0 radical (unpaired) electrons. The zero-order valence-corrected chi connectivity index (χ0v) is 9.95. The summed E-state index contributed by atoms with van der Waals surface area (Å²) in [6.45, 7) is -0.777. The third-order valence-corrected chi connectivity index (χ3v) is 2.25. The van der Waals surface area contributed by atoms with Crippen molar-refractivity contribution in [3.8, 4) is 0 Å². The van der Waals surface area contributed by atoms with Gasteiger partial charge in [-0.1, -0.05) is 15.9 Å². The van der Waals surface area contributed by atoms with E-state index in [1.54, 1.807) is 24.3 Å². The third kappa shape index (κ3) is 4.41. The van der Waals surface area contributed by atoms with Gasteiger partial charge in [-0.25, -0.2) is 0 Å². The Morgan fingerprint density at radius 2 is 1.81 bits per heavy atom. The van der Waals surface area contributed by atoms with Gasteiger partial charge < -0.3 is 15.7 Å². The number of anilines is 1. The normalized spacial score (nSPS) is 9.62. The van der Waals surface area contributed by atoms with E-state index < -0.39 is 12.5 Å². The van der Waals surface area contributed by atoms with Crippen LogP contribution in [0.1, 0.15) is 0 Å². The smallest absolute Gasteiger partial charge is 0.246 e. The molecule has 5 nitrogen and oxygen atoms in total. The number of rotatable bonds is 4. The van der Waals surface area contributed by atoms with E-state index in [-0.39, 0.29) is 12.5 Å². The van der Waals surface area contributed by atoms with Gasteiger partial charge in [0.2, 0.25) is 11.8 Å². The molecule has 1 aromatic rings. The van der Waals surface area contributed by atoms with Crippen LogP contribution in [-0.4, -0.2) is 30.1 Å². The summed E-state index contributed by atoms with van der Waals surface area (Å²) >= 11 is 3.27. The fourth-order valence-electron chi connectivity index (χ4n) is 0.973. The van der Waals surface area contributed by atoms with Gasteiger partial charge in [0.1, 0.15) is 6.61 Å². The molecule has 0 spiro atoms. The van der Waals surface area contributed by atoms with Gasteiger partial charge in [0, 0.05) is 10.2 Å². The first-order valence-electron chi connectivity index (χ1n) is 4.55. The molecular weight excluding hydrogens is 276 g/mol. The third-order valence-electron chi connectivity index (χ3n) is 1.72. The Hall–Kier alpha value is -1.40. The van der Waals surface area contributed by atoms with Gasteiger partial charge >= 0.3 is 0 Å². The molecule has 86 valence electrons. The topological polar surface area (TPSA) is 78.4 Å². The van der Waals surface area contributed by atoms with Crippen LogP contribution in [0.4, 0.5) is 5.69 Å². The largest absolute Gasteiger partial charge is 0.387 e. The summed E-state index contributed by atoms with van der Waals surface area (Å²) < 4.78 is 0.916. The summed E-state index contributed by atoms with van der Waals surface area (Å²) in [6, 6.07) is 7.05. The highest BCUT2D eigenvalue weighted by atomic mass is 79.9. The van der Waals surface area contributed by atoms with Gasteiger partial charge in [-0.05, 0) is 24.3 Å². The molecule has 6 heteroatoms. The standard InChI is InChI=1S/C10H11BrN2O3/c11-7-1-3-8(4-2-7)13-9(15)5-12-10(16)6-14/h1-4,14H,5-6H2,(H,12,16)(H,13,15). The number of benzene rings is 1. The molecule has 0 saturated carbocycles. The maximum Gasteiger partial charge on any atom is 0.246 e. The SMILES string of the molecule is O=C(CO)NCC(=O)Nc1ccc(Br)cc1. The fourth-order valence-corrected chi connectivity index (χ4v) is 1.24. The van der Waals surface area contributed by atoms with Crippen molar-refractivity contribution >= 4 is 33.4 Å². The van der Waals surface area contributed by atoms with Crippen LogP contribution in [0.25, 0.3) is 0 Å². The Bertz CT molecular complexity index is 378. The van der Waals surface area contributed by atoms with Crippen LogP contribution in [0.2, 0.25) is 0 Å². The lowest BCUT2D eigenvalue weighted by molar-refractivity contribution is -0.126. The molecule has 0 saturated heterocycles. The van der Waals surface area contributed by atoms with Crippen LogP contribution < -0.4 is 10.6 Å². The Morgan fingerprint density at radius 3 is 2.38 bits per heavy atom. The van der Waals surface area contributed by atoms with E-state index in [2.05, 4.69) is 26.6 Å². The highest BCUT2D eigenvalue weighted by Gasteiger charge is 2.04. The minimum absolute atomic E-state index is 0.157. The summed E-state index contributed by atoms with van der Waals surface area (Å²) in [6.07, 6.45) is 0. The Labute approximate surface area is 101 Å². The van der Waals surface area contributed by atoms with Crippen molar-refractivity contribution in [2.24, 2.45) is 0 Å². The maximum absolute atomic E-state index is 11.3. The quantitative estimate of drug-likeness (QED) is 0.754. The number of hydrogen-bond donors (Lipinski definition) is 3. The molecule has 0 bridgehead atoms. The number of hydrogen-bond acceptors (Lipinski definition) is 3. The van der Waals surface area contributed by atoms with Crippen molar-refractivity contribution in [2.75, 3.05) is 18.5 Å². The van der Waals surface area contributed by atoms with Crippen molar-refractivity contribution in [1.29, 1.82) is 0 Å². The molecule has 0 unspecified atom stereocenters. The average molecular weight is 287 g/mol. The molecular formula is C10H11BrN2O3. The molecule has 16 heavy (non-hydrogen) atoms. The minimum atomic E-state index is -0.619. The second-order valence-corrected chi connectivity index (χ2v) is 3.91. The Morgan fingerprint density at radius 1 is 1.19 bits per heavy atom. The first kappa shape index (κ1) is 12.7. The van der Waals surface area contributed by atoms with Crippen LogP contribution in [0, 0.1) is 0 Å². The van der Waals surface area contributed by atoms with Crippen LogP contribution in [0.3, 0.4) is 0 Å². The fraction of sp³-hybridized carbons (Fsp3) is 0.200. The highest BCUT2D eigenvalue weighted by molar-refractivity contribution is 9.10. The van der Waals surface area contributed by atoms with E-state index in [4.69, 9.17) is 5.11 Å². The first-order chi connectivity index (χ1) is 7.61. The maximum atomic E-state index is 11.3. The molecule has 0 heterocycles. The number of carbonyl (C=O) groups is 2. The number of aliphatic hydroxyl groups is 1. The van der Waals surface area contributed by atoms with Crippen molar-refractivity contribution in [3.05, 3.63) is 28.7 Å². The van der Waals surface area contributed by atoms with Crippen LogP contribution in [0.5, 0.6) is 0 Å². The van der Waals surface area contributed by atoms with E-state index in [0.29, 0.717) is 5.69 Å². The molecule has 2 amide bonds. The molecule has 0 aromatic heterocycles. The van der Waals surface area contributed by atoms with Crippen LogP contribution in [-0.2, 0) is 9.59 Å². The number of nitrogens with one attached hydrogen (secondary N) is 2. The van der Waals surface area contributed by atoms with E-state index in [0.717, 1.165) is 4.47 Å². The molecule has 0 aliphatic carbocycles. The minimum Gasteiger partial charge on any atom is -0.387 e. The lowest BCUT2D eigenvalue weighted by atomic mass is 10.3. The average Bonchev–Trinajstić information content (AvgIpc) is 2.29. The van der Waals surface area contributed by atoms with Gasteiger partial charge in [0.25, 0.3) is 0 Å². The zero-order valence-electron chi connectivity index (χ0n) is 8.37. The van der Waals surface area contributed by atoms with Crippen molar-refractivity contribution in [1.82, 2.24) is 5.32 Å². The number of amides is 2. The van der Waals surface area contributed by atoms with Crippen molar-refractivity contribution < 1.29 is 14.7 Å². The summed E-state index contributed by atoms with van der Waals surface area (Å²) in [7, 11) is 0. The predicted molar refractivity (Wildman–Crippen MR) is 62.9 cm³/mol. The monoisotopic (exact) mass is 286 g/mol. The van der Waals surface area contributed by atoms with Crippen LogP contribution in [0.15, 0.2) is 28.7 Å². The van der Waals surface area contributed by atoms with Gasteiger partial charge in [-0.2, -0.15) is 0 Å². The van der Waals surface area contributed by atoms with Gasteiger partial charge in [-0.3, -0.25) is 9.59 Å². The van der Waals surface area contributed by atoms with Gasteiger partial charge in [0.15, 0.2) is 0 Å². The number of halogens is 1. The number of aliphatic hydroxyl groups excluding tert-OH is 1. The molecule has 0 aliphatic heterocycles. The van der Waals surface area contributed by atoms with E-state index in [1.165, 1.54) is 0 Å². The molecule has 3 N–H and O–H groups in total. The Kier molecular flexibility index (Phi) is 4.94. The number of carbonyl (C=O) groups excluding carboxylic acids is 2. The predicted octanol–water partition coefficient (Wildman–Crippen LogP) is 0.496. The van der Waals surface area contributed by atoms with Gasteiger partial charge in [0.05, 0.1) is 6.54 Å². The molecule has 0 atom stereocenters. The second kappa shape index (κ2) is 6.24. The van der Waals surface area contributed by atoms with Crippen molar-refractivity contribution in [2.45, 2.75) is 0 Å². The van der Waals surface area contributed by atoms with Gasteiger partial charge in [-0.15, -0.1) is 0 Å². The summed E-state index contributed by atoms with van der Waals surface area (Å²) in [5.41, 5.74) is 0.645. The molecule has 1 aromatic carbocycles. The van der Waals surface area contributed by atoms with E-state index in [9.17, 15) is 9.59 Å². The lowest BCUT2D eigenvalue weighted by Gasteiger charge is -2.05. The summed E-state index contributed by atoms with van der Waals surface area (Å²) in [5, 5.41) is 13.3. The van der Waals surface area contributed by atoms with E-state index >= 15 is 0 Å². The zero-order chi connectivity index (χ0) is 12.0. The van der Waals surface area contributed by atoms with Crippen LogP contribution >= 0.6 is 15.9 Å². The van der Waals surface area contributed by atoms with Crippen molar-refractivity contribution in [3.63, 3.8) is 0 Å². The highest BCUT2D eigenvalue weighted by Crippen LogP contribution is 2.13. The molecule has 0 aliphatic rings. The second-order valence-electron chi connectivity index (χ2n) is 2.99. The summed E-state index contributed by atoms with van der Waals surface area (Å²) in [4.78, 5) is 22.0. The molecule has 1 rings (SSSR count). The first-order valence-corrected chi connectivity index (χ1v) is 5.34. The molecule has 0 fully saturated rings. The Balaban J connectivity index is 2.40. The summed E-state index contributed by atoms with van der Waals surface area (Å²) in [5.74, 6) is -0.921. The van der Waals surface area contributed by atoms with E-state index in [1.807, 2.05) is 0 Å².